The zero-order valence-corrected chi connectivity index (χ0v) is 18.7. The van der Waals surface area contributed by atoms with Crippen molar-refractivity contribution >= 4 is 11.6 Å². The van der Waals surface area contributed by atoms with E-state index in [2.05, 4.69) is 50.0 Å². The maximum absolute atomic E-state index is 9.75. The molecule has 0 radical (unpaired) electrons. The largest absolute Gasteiger partial charge is 0.508 e. The van der Waals surface area contributed by atoms with Crippen LogP contribution in [0.4, 0.5) is 0 Å². The van der Waals surface area contributed by atoms with Crippen LogP contribution < -0.4 is 0 Å². The lowest BCUT2D eigenvalue weighted by Gasteiger charge is -2.32. The van der Waals surface area contributed by atoms with Crippen LogP contribution in [0.2, 0.25) is 5.02 Å². The van der Waals surface area contributed by atoms with Gasteiger partial charge in [0.15, 0.2) is 0 Å². The van der Waals surface area contributed by atoms with E-state index >= 15 is 0 Å². The fourth-order valence-corrected chi connectivity index (χ4v) is 4.60. The maximum Gasteiger partial charge on any atom is 0.115 e. The van der Waals surface area contributed by atoms with Gasteiger partial charge in [-0.3, -0.25) is 0 Å². The van der Waals surface area contributed by atoms with E-state index in [1.165, 1.54) is 11.1 Å². The number of ether oxygens (including phenoxy) is 1. The van der Waals surface area contributed by atoms with Crippen LogP contribution in [-0.2, 0) is 11.2 Å². The molecule has 0 saturated heterocycles. The molecule has 4 heteroatoms. The Bertz CT molecular complexity index is 798. The Morgan fingerprint density at radius 1 is 1.28 bits per heavy atom. The molecule has 158 valence electrons. The summed E-state index contributed by atoms with van der Waals surface area (Å²) in [6.45, 7) is 10.5. The van der Waals surface area contributed by atoms with Crippen molar-refractivity contribution in [3.8, 4) is 5.75 Å². The molecule has 1 aromatic carbocycles. The highest BCUT2D eigenvalue weighted by Crippen LogP contribution is 2.38. The van der Waals surface area contributed by atoms with E-state index in [1.54, 1.807) is 18.2 Å². The molecule has 3 rings (SSSR count). The molecule has 2 unspecified atom stereocenters. The van der Waals surface area contributed by atoms with Crippen molar-refractivity contribution in [2.45, 2.75) is 52.1 Å². The first-order chi connectivity index (χ1) is 13.9. The second-order valence-electron chi connectivity index (χ2n) is 8.57. The van der Waals surface area contributed by atoms with Crippen LogP contribution >= 0.6 is 11.6 Å². The van der Waals surface area contributed by atoms with Gasteiger partial charge in [-0.25, -0.2) is 0 Å². The Morgan fingerprint density at radius 2 is 2.10 bits per heavy atom. The molecule has 0 spiro atoms. The molecule has 1 aliphatic heterocycles. The minimum Gasteiger partial charge on any atom is -0.508 e. The summed E-state index contributed by atoms with van der Waals surface area (Å²) in [5.74, 6) is 0.732. The van der Waals surface area contributed by atoms with Gasteiger partial charge in [0.1, 0.15) is 5.75 Å². The molecule has 2 atom stereocenters. The van der Waals surface area contributed by atoms with E-state index in [0.29, 0.717) is 5.92 Å². The average molecular weight is 416 g/mol. The zero-order valence-electron chi connectivity index (χ0n) is 18.0. The van der Waals surface area contributed by atoms with Crippen molar-refractivity contribution in [2.24, 2.45) is 5.92 Å². The lowest BCUT2D eigenvalue weighted by molar-refractivity contribution is 0.0165. The molecular weight excluding hydrogens is 382 g/mol. The second kappa shape index (κ2) is 9.97. The van der Waals surface area contributed by atoms with Crippen molar-refractivity contribution in [2.75, 3.05) is 26.2 Å². The van der Waals surface area contributed by atoms with Gasteiger partial charge in [0.2, 0.25) is 0 Å². The Balaban J connectivity index is 1.58. The Hall–Kier alpha value is -1.55. The minimum atomic E-state index is -0.174. The number of benzene rings is 1. The van der Waals surface area contributed by atoms with E-state index in [1.807, 2.05) is 0 Å². The number of aromatic hydroxyl groups is 1. The molecule has 1 aliphatic carbocycles. The predicted octanol–water partition coefficient (Wildman–Crippen LogP) is 5.93. The van der Waals surface area contributed by atoms with E-state index in [0.717, 1.165) is 62.5 Å². The fourth-order valence-electron chi connectivity index (χ4n) is 4.40. The number of hydrogen-bond acceptors (Lipinski definition) is 3. The Morgan fingerprint density at radius 3 is 2.90 bits per heavy atom. The molecular formula is C25H34ClNO2. The summed E-state index contributed by atoms with van der Waals surface area (Å²) in [7, 11) is 0. The molecule has 3 nitrogen and oxygen atoms in total. The number of halogens is 1. The van der Waals surface area contributed by atoms with Crippen molar-refractivity contribution in [3.63, 3.8) is 0 Å². The summed E-state index contributed by atoms with van der Waals surface area (Å²) in [6.07, 6.45) is 12.9. The lowest BCUT2D eigenvalue weighted by Crippen LogP contribution is -2.36. The number of hydrogen-bond donors (Lipinski definition) is 1. The third-order valence-electron chi connectivity index (χ3n) is 6.17. The Kier molecular flexibility index (Phi) is 7.61. The molecule has 29 heavy (non-hydrogen) atoms. The van der Waals surface area contributed by atoms with Crippen LogP contribution in [0.15, 0.2) is 53.6 Å². The standard InChI is InChI=1S/C25H34ClNO2/c1-4-27(17-19(2)15-21-16-22(28)11-12-24(21)26)14-13-25(3)23-10-8-6-5-7-9-20(23)18-29-25/h6-9,11-12,16,19,28H,4-5,10,13-15,17-18H2,1-3H3/b8-6?,9-7-. The summed E-state index contributed by atoms with van der Waals surface area (Å²) in [5, 5.41) is 10.5. The quantitative estimate of drug-likeness (QED) is 0.534. The van der Waals surface area contributed by atoms with E-state index in [-0.39, 0.29) is 11.4 Å². The number of phenolic OH excluding ortho intramolecular Hbond substituents is 1. The monoisotopic (exact) mass is 415 g/mol. The van der Waals surface area contributed by atoms with Gasteiger partial charge in [-0.15, -0.1) is 0 Å². The Labute approximate surface area is 180 Å². The normalized spacial score (nSPS) is 23.8. The van der Waals surface area contributed by atoms with Crippen LogP contribution in [0.25, 0.3) is 0 Å². The predicted molar refractivity (Wildman–Crippen MR) is 122 cm³/mol. The van der Waals surface area contributed by atoms with Gasteiger partial charge in [-0.2, -0.15) is 0 Å². The summed E-state index contributed by atoms with van der Waals surface area (Å²) >= 11 is 6.31. The summed E-state index contributed by atoms with van der Waals surface area (Å²) in [4.78, 5) is 2.50. The van der Waals surface area contributed by atoms with Crippen LogP contribution in [0, 0.1) is 5.92 Å². The van der Waals surface area contributed by atoms with E-state index < -0.39 is 0 Å². The number of phenols is 1. The van der Waals surface area contributed by atoms with Gasteiger partial charge in [0.05, 0.1) is 12.2 Å². The van der Waals surface area contributed by atoms with Gasteiger partial charge >= 0.3 is 0 Å². The fraction of sp³-hybridized carbons (Fsp3) is 0.520. The highest BCUT2D eigenvalue weighted by atomic mass is 35.5. The lowest BCUT2D eigenvalue weighted by atomic mass is 9.87. The number of rotatable bonds is 8. The van der Waals surface area contributed by atoms with Crippen LogP contribution in [0.5, 0.6) is 5.75 Å². The average Bonchev–Trinajstić information content (AvgIpc) is 2.96. The van der Waals surface area contributed by atoms with Crippen molar-refractivity contribution in [1.82, 2.24) is 4.90 Å². The second-order valence-corrected chi connectivity index (χ2v) is 8.97. The van der Waals surface area contributed by atoms with Gasteiger partial charge in [0, 0.05) is 18.1 Å². The van der Waals surface area contributed by atoms with Crippen molar-refractivity contribution in [3.05, 3.63) is 64.2 Å². The van der Waals surface area contributed by atoms with E-state index in [4.69, 9.17) is 16.3 Å². The highest BCUT2D eigenvalue weighted by Gasteiger charge is 2.36. The first-order valence-electron chi connectivity index (χ1n) is 10.8. The topological polar surface area (TPSA) is 32.7 Å². The SMILES string of the molecule is CCN(CCC1(C)OCC2=C1CC=CC/C=C\2)CC(C)Cc1cc(O)ccc1Cl. The first kappa shape index (κ1) is 22.1. The first-order valence-corrected chi connectivity index (χ1v) is 11.2. The van der Waals surface area contributed by atoms with Gasteiger partial charge in [-0.05, 0) is 80.0 Å². The molecule has 2 aliphatic rings. The number of nitrogens with zero attached hydrogens (tertiary/aromatic N) is 1. The molecule has 0 amide bonds. The third-order valence-corrected chi connectivity index (χ3v) is 6.54. The molecule has 1 N–H and O–H groups in total. The number of allylic oxidation sites excluding steroid dienone is 3. The maximum atomic E-state index is 9.75. The van der Waals surface area contributed by atoms with Gasteiger partial charge in [0.25, 0.3) is 0 Å². The molecule has 1 heterocycles. The molecule has 0 aromatic heterocycles. The van der Waals surface area contributed by atoms with E-state index in [9.17, 15) is 5.11 Å². The van der Waals surface area contributed by atoms with Crippen molar-refractivity contribution in [1.29, 1.82) is 0 Å². The summed E-state index contributed by atoms with van der Waals surface area (Å²) < 4.78 is 6.29. The summed E-state index contributed by atoms with van der Waals surface area (Å²) in [6, 6.07) is 5.20. The van der Waals surface area contributed by atoms with Gasteiger partial charge < -0.3 is 14.7 Å². The van der Waals surface area contributed by atoms with Crippen LogP contribution in [0.1, 0.15) is 45.6 Å². The highest BCUT2D eigenvalue weighted by molar-refractivity contribution is 6.31. The van der Waals surface area contributed by atoms with Crippen molar-refractivity contribution < 1.29 is 9.84 Å². The smallest absolute Gasteiger partial charge is 0.115 e. The third kappa shape index (κ3) is 5.75. The van der Waals surface area contributed by atoms with Crippen LogP contribution in [-0.4, -0.2) is 41.8 Å². The molecule has 0 saturated carbocycles. The van der Waals surface area contributed by atoms with Crippen LogP contribution in [0.3, 0.4) is 0 Å². The minimum absolute atomic E-state index is 0.174. The zero-order chi connectivity index (χ0) is 20.9. The molecule has 1 aromatic rings. The summed E-state index contributed by atoms with van der Waals surface area (Å²) in [5.41, 5.74) is 3.66. The van der Waals surface area contributed by atoms with Gasteiger partial charge in [-0.1, -0.05) is 49.8 Å². The molecule has 0 bridgehead atoms. The molecule has 0 fully saturated rings.